The van der Waals surface area contributed by atoms with E-state index in [9.17, 15) is 4.79 Å². The lowest BCUT2D eigenvalue weighted by molar-refractivity contribution is 0.0944. The lowest BCUT2D eigenvalue weighted by atomic mass is 10.1. The van der Waals surface area contributed by atoms with Crippen LogP contribution >= 0.6 is 12.4 Å². The minimum absolute atomic E-state index is 0. The average molecular weight is 347 g/mol. The molecule has 3 unspecified atom stereocenters. The summed E-state index contributed by atoms with van der Waals surface area (Å²) >= 11 is 0. The largest absolute Gasteiger partial charge is 0.347 e. The highest BCUT2D eigenvalue weighted by Crippen LogP contribution is 2.40. The van der Waals surface area contributed by atoms with Gasteiger partial charge in [0, 0.05) is 24.7 Å². The van der Waals surface area contributed by atoms with E-state index in [0.29, 0.717) is 17.7 Å². The van der Waals surface area contributed by atoms with Crippen LogP contribution in [0, 0.1) is 0 Å². The number of hydrogen-bond donors (Lipinski definition) is 2. The van der Waals surface area contributed by atoms with Crippen molar-refractivity contribution in [3.8, 4) is 0 Å². The molecule has 4 rings (SSSR count). The predicted molar refractivity (Wildman–Crippen MR) is 95.7 cm³/mol. The number of halogens is 1. The number of nitrogens with one attached hydrogen (secondary N) is 2. The van der Waals surface area contributed by atoms with Crippen LogP contribution < -0.4 is 10.6 Å². The fourth-order valence-electron chi connectivity index (χ4n) is 3.39. The molecule has 128 valence electrons. The van der Waals surface area contributed by atoms with E-state index in [1.807, 2.05) is 35.1 Å². The second-order valence-corrected chi connectivity index (χ2v) is 6.51. The van der Waals surface area contributed by atoms with Crippen LogP contribution in [-0.2, 0) is 0 Å². The Morgan fingerprint density at radius 3 is 2.83 bits per heavy atom. The molecule has 1 aromatic heterocycles. The van der Waals surface area contributed by atoms with Crippen molar-refractivity contribution >= 4 is 18.3 Å². The Bertz CT molecular complexity index is 681. The van der Waals surface area contributed by atoms with Crippen molar-refractivity contribution in [2.75, 3.05) is 13.1 Å². The molecule has 1 aliphatic carbocycles. The highest BCUT2D eigenvalue weighted by Gasteiger charge is 2.39. The molecular formula is C18H23ClN4O. The van der Waals surface area contributed by atoms with Gasteiger partial charge in [-0.05, 0) is 37.4 Å². The Morgan fingerprint density at radius 2 is 2.08 bits per heavy atom. The molecule has 2 fully saturated rings. The summed E-state index contributed by atoms with van der Waals surface area (Å²) in [5, 5.41) is 11.0. The summed E-state index contributed by atoms with van der Waals surface area (Å²) in [4.78, 5) is 12.4. The molecule has 2 aromatic rings. The molecular weight excluding hydrogens is 324 g/mol. The molecule has 1 amide bonds. The second-order valence-electron chi connectivity index (χ2n) is 6.51. The van der Waals surface area contributed by atoms with Gasteiger partial charge >= 0.3 is 0 Å². The first-order valence-electron chi connectivity index (χ1n) is 8.43. The van der Waals surface area contributed by atoms with Gasteiger partial charge in [-0.2, -0.15) is 5.10 Å². The van der Waals surface area contributed by atoms with E-state index in [-0.39, 0.29) is 24.4 Å². The monoisotopic (exact) mass is 346 g/mol. The van der Waals surface area contributed by atoms with Crippen LogP contribution in [0.4, 0.5) is 0 Å². The molecule has 1 aromatic carbocycles. The molecule has 1 aliphatic heterocycles. The van der Waals surface area contributed by atoms with Crippen molar-refractivity contribution in [3.63, 3.8) is 0 Å². The van der Waals surface area contributed by atoms with Gasteiger partial charge in [-0.1, -0.05) is 30.3 Å². The molecule has 5 nitrogen and oxygen atoms in total. The van der Waals surface area contributed by atoms with Gasteiger partial charge in [-0.25, -0.2) is 0 Å². The number of piperidine rings is 1. The first-order chi connectivity index (χ1) is 11.3. The van der Waals surface area contributed by atoms with Gasteiger partial charge in [0.25, 0.3) is 5.91 Å². The number of aromatic nitrogens is 2. The number of amides is 1. The third-order valence-electron chi connectivity index (χ3n) is 4.82. The summed E-state index contributed by atoms with van der Waals surface area (Å²) in [6.45, 7) is 2.01. The SMILES string of the molecule is Cl.O=C(NC1CC1c1ccccc1)c1ccn(C2CCCNC2)n1. The average Bonchev–Trinajstić information content (AvgIpc) is 3.19. The Hall–Kier alpha value is -1.85. The zero-order valence-electron chi connectivity index (χ0n) is 13.5. The molecule has 3 atom stereocenters. The van der Waals surface area contributed by atoms with Gasteiger partial charge < -0.3 is 10.6 Å². The standard InChI is InChI=1S/C18H22N4O.ClH/c23-18(20-17-11-15(17)13-5-2-1-3-6-13)16-8-10-22(21-16)14-7-4-9-19-12-14;/h1-3,5-6,8,10,14-15,17,19H,4,7,9,11-12H2,(H,20,23);1H. The first-order valence-corrected chi connectivity index (χ1v) is 8.43. The summed E-state index contributed by atoms with van der Waals surface area (Å²) < 4.78 is 1.93. The molecule has 0 spiro atoms. The maximum absolute atomic E-state index is 12.4. The zero-order valence-corrected chi connectivity index (χ0v) is 14.3. The van der Waals surface area contributed by atoms with Crippen LogP contribution in [-0.4, -0.2) is 34.8 Å². The van der Waals surface area contributed by atoms with E-state index < -0.39 is 0 Å². The van der Waals surface area contributed by atoms with E-state index in [1.54, 1.807) is 0 Å². The summed E-state index contributed by atoms with van der Waals surface area (Å²) in [6, 6.07) is 12.8. The Morgan fingerprint density at radius 1 is 1.25 bits per heavy atom. The molecule has 24 heavy (non-hydrogen) atoms. The lowest BCUT2D eigenvalue weighted by Gasteiger charge is -2.22. The molecule has 2 aliphatic rings. The molecule has 1 saturated carbocycles. The fourth-order valence-corrected chi connectivity index (χ4v) is 3.39. The highest BCUT2D eigenvalue weighted by atomic mass is 35.5. The summed E-state index contributed by atoms with van der Waals surface area (Å²) in [5.74, 6) is 0.390. The van der Waals surface area contributed by atoms with E-state index >= 15 is 0 Å². The first kappa shape index (κ1) is 17.0. The van der Waals surface area contributed by atoms with E-state index in [0.717, 1.165) is 32.4 Å². The predicted octanol–water partition coefficient (Wildman–Crippen LogP) is 2.52. The van der Waals surface area contributed by atoms with Crippen LogP contribution in [0.5, 0.6) is 0 Å². The molecule has 2 heterocycles. The maximum atomic E-state index is 12.4. The topological polar surface area (TPSA) is 59.0 Å². The zero-order chi connectivity index (χ0) is 15.6. The maximum Gasteiger partial charge on any atom is 0.272 e. The minimum atomic E-state index is -0.0593. The number of carbonyl (C=O) groups is 1. The van der Waals surface area contributed by atoms with Crippen molar-refractivity contribution in [1.82, 2.24) is 20.4 Å². The van der Waals surface area contributed by atoms with Gasteiger partial charge in [0.05, 0.1) is 6.04 Å². The van der Waals surface area contributed by atoms with Crippen molar-refractivity contribution in [3.05, 3.63) is 53.9 Å². The fraction of sp³-hybridized carbons (Fsp3) is 0.444. The summed E-state index contributed by atoms with van der Waals surface area (Å²) in [6.07, 6.45) is 5.22. The van der Waals surface area contributed by atoms with Gasteiger partial charge in [0.1, 0.15) is 5.69 Å². The van der Waals surface area contributed by atoms with Crippen molar-refractivity contribution in [1.29, 1.82) is 0 Å². The van der Waals surface area contributed by atoms with Crippen LogP contribution in [0.3, 0.4) is 0 Å². The van der Waals surface area contributed by atoms with Crippen molar-refractivity contribution < 1.29 is 4.79 Å². The summed E-state index contributed by atoms with van der Waals surface area (Å²) in [5.41, 5.74) is 1.82. The van der Waals surface area contributed by atoms with Gasteiger partial charge in [-0.15, -0.1) is 12.4 Å². The van der Waals surface area contributed by atoms with E-state index in [2.05, 4.69) is 27.9 Å². The highest BCUT2D eigenvalue weighted by molar-refractivity contribution is 5.92. The molecule has 6 heteroatoms. The van der Waals surface area contributed by atoms with E-state index in [1.165, 1.54) is 5.56 Å². The van der Waals surface area contributed by atoms with Crippen molar-refractivity contribution in [2.45, 2.75) is 37.3 Å². The smallest absolute Gasteiger partial charge is 0.272 e. The molecule has 2 N–H and O–H groups in total. The number of carbonyl (C=O) groups excluding carboxylic acids is 1. The van der Waals surface area contributed by atoms with Crippen molar-refractivity contribution in [2.24, 2.45) is 0 Å². The molecule has 0 radical (unpaired) electrons. The minimum Gasteiger partial charge on any atom is -0.347 e. The molecule has 0 bridgehead atoms. The third-order valence-corrected chi connectivity index (χ3v) is 4.82. The Labute approximate surface area is 148 Å². The number of hydrogen-bond acceptors (Lipinski definition) is 3. The third kappa shape index (κ3) is 3.62. The number of nitrogens with zero attached hydrogens (tertiary/aromatic N) is 2. The van der Waals surface area contributed by atoms with Gasteiger partial charge in [-0.3, -0.25) is 9.48 Å². The molecule has 1 saturated heterocycles. The quantitative estimate of drug-likeness (QED) is 0.894. The normalized spacial score (nSPS) is 25.6. The second kappa shape index (κ2) is 7.36. The van der Waals surface area contributed by atoms with E-state index in [4.69, 9.17) is 0 Å². The number of rotatable bonds is 4. The summed E-state index contributed by atoms with van der Waals surface area (Å²) in [7, 11) is 0. The lowest BCUT2D eigenvalue weighted by Crippen LogP contribution is -2.32. The Kier molecular flexibility index (Phi) is 5.21. The van der Waals surface area contributed by atoms with Gasteiger partial charge in [0.2, 0.25) is 0 Å². The van der Waals surface area contributed by atoms with Crippen LogP contribution in [0.25, 0.3) is 0 Å². The van der Waals surface area contributed by atoms with Gasteiger partial charge in [0.15, 0.2) is 0 Å². The van der Waals surface area contributed by atoms with Crippen LogP contribution in [0.1, 0.15) is 47.3 Å². The van der Waals surface area contributed by atoms with Crippen LogP contribution in [0.2, 0.25) is 0 Å². The number of benzene rings is 1. The van der Waals surface area contributed by atoms with Crippen LogP contribution in [0.15, 0.2) is 42.6 Å². The Balaban J connectivity index is 0.00000169.